The number of nitrogens with one attached hydrogen (secondary N) is 1. The van der Waals surface area contributed by atoms with Crippen LogP contribution in [0.1, 0.15) is 35.1 Å². The number of ether oxygens (including phenoxy) is 1. The van der Waals surface area contributed by atoms with Crippen LogP contribution in [0.25, 0.3) is 0 Å². The monoisotopic (exact) mass is 382 g/mol. The molecule has 25 heavy (non-hydrogen) atoms. The summed E-state index contributed by atoms with van der Waals surface area (Å²) in [4.78, 5) is 23.5. The Morgan fingerprint density at radius 1 is 1.44 bits per heavy atom. The van der Waals surface area contributed by atoms with Gasteiger partial charge in [-0.05, 0) is 32.0 Å². The van der Waals surface area contributed by atoms with Crippen molar-refractivity contribution in [3.05, 3.63) is 55.9 Å². The number of fused-ring (bicyclic) bond motifs is 1. The standard InChI is InChI=1S/C16H15ClN2O5S/c1-16(2)14(20)12(13-10(24-16)7-11(25-13)19(22)23)18-15(21)8-4-3-5-9(17)6-8/h3-7,12,14,20H,1-2H3,(H,18,21). The predicted octanol–water partition coefficient (Wildman–Crippen LogP) is 3.31. The van der Waals surface area contributed by atoms with E-state index >= 15 is 0 Å². The van der Waals surface area contributed by atoms with E-state index < -0.39 is 28.6 Å². The summed E-state index contributed by atoms with van der Waals surface area (Å²) in [7, 11) is 0. The van der Waals surface area contributed by atoms with Gasteiger partial charge in [0, 0.05) is 10.6 Å². The molecular formula is C16H15ClN2O5S. The molecule has 0 bridgehead atoms. The Kier molecular flexibility index (Phi) is 4.44. The molecule has 1 aliphatic rings. The van der Waals surface area contributed by atoms with Crippen molar-refractivity contribution in [2.24, 2.45) is 0 Å². The first-order valence-electron chi connectivity index (χ1n) is 7.40. The van der Waals surface area contributed by atoms with Crippen molar-refractivity contribution in [2.75, 3.05) is 0 Å². The van der Waals surface area contributed by atoms with Crippen molar-refractivity contribution in [1.82, 2.24) is 5.32 Å². The summed E-state index contributed by atoms with van der Waals surface area (Å²) in [5.74, 6) is -0.144. The normalized spacial score (nSPS) is 21.1. The first-order chi connectivity index (χ1) is 11.7. The highest BCUT2D eigenvalue weighted by Crippen LogP contribution is 2.47. The molecule has 2 heterocycles. The number of amides is 1. The zero-order valence-electron chi connectivity index (χ0n) is 13.4. The van der Waals surface area contributed by atoms with Gasteiger partial charge < -0.3 is 15.2 Å². The van der Waals surface area contributed by atoms with Crippen LogP contribution in [0.3, 0.4) is 0 Å². The highest BCUT2D eigenvalue weighted by Gasteiger charge is 2.46. The quantitative estimate of drug-likeness (QED) is 0.626. The molecule has 2 atom stereocenters. The Bertz CT molecular complexity index is 851. The number of nitrogens with zero attached hydrogens (tertiary/aromatic N) is 1. The second kappa shape index (κ2) is 6.29. The SMILES string of the molecule is CC1(C)Oc2cc([N+](=O)[O-])sc2C(NC(=O)c2cccc(Cl)c2)C1O. The van der Waals surface area contributed by atoms with E-state index in [1.807, 2.05) is 0 Å². The fraction of sp³-hybridized carbons (Fsp3) is 0.312. The fourth-order valence-electron chi connectivity index (χ4n) is 2.65. The van der Waals surface area contributed by atoms with Crippen molar-refractivity contribution in [3.8, 4) is 5.75 Å². The maximum atomic E-state index is 12.5. The van der Waals surface area contributed by atoms with E-state index in [2.05, 4.69) is 5.32 Å². The molecule has 0 spiro atoms. The third-order valence-electron chi connectivity index (χ3n) is 3.95. The van der Waals surface area contributed by atoms with Crippen LogP contribution in [0.5, 0.6) is 5.75 Å². The van der Waals surface area contributed by atoms with Gasteiger partial charge in [0.25, 0.3) is 5.91 Å². The number of rotatable bonds is 3. The molecule has 1 aliphatic heterocycles. The highest BCUT2D eigenvalue weighted by atomic mass is 35.5. The second-order valence-electron chi connectivity index (χ2n) is 6.18. The number of carbonyl (C=O) groups is 1. The number of halogens is 1. The lowest BCUT2D eigenvalue weighted by atomic mass is 9.90. The summed E-state index contributed by atoms with van der Waals surface area (Å²) in [6, 6.07) is 6.87. The van der Waals surface area contributed by atoms with Crippen LogP contribution >= 0.6 is 22.9 Å². The van der Waals surface area contributed by atoms with Gasteiger partial charge in [0.15, 0.2) is 0 Å². The summed E-state index contributed by atoms with van der Waals surface area (Å²) in [6.07, 6.45) is -1.08. The summed E-state index contributed by atoms with van der Waals surface area (Å²) >= 11 is 6.77. The zero-order chi connectivity index (χ0) is 18.4. The molecule has 1 aromatic carbocycles. The molecule has 9 heteroatoms. The number of nitro groups is 1. The Labute approximate surface area is 152 Å². The lowest BCUT2D eigenvalue weighted by molar-refractivity contribution is -0.380. The predicted molar refractivity (Wildman–Crippen MR) is 93.3 cm³/mol. The molecule has 0 saturated heterocycles. The van der Waals surface area contributed by atoms with Crippen molar-refractivity contribution >= 4 is 33.8 Å². The van der Waals surface area contributed by atoms with Crippen molar-refractivity contribution in [3.63, 3.8) is 0 Å². The van der Waals surface area contributed by atoms with Crippen LogP contribution in [0.2, 0.25) is 5.02 Å². The van der Waals surface area contributed by atoms with Crippen LogP contribution in [-0.4, -0.2) is 27.6 Å². The maximum Gasteiger partial charge on any atom is 0.328 e. The van der Waals surface area contributed by atoms with Gasteiger partial charge >= 0.3 is 5.00 Å². The Morgan fingerprint density at radius 3 is 2.80 bits per heavy atom. The number of thiophene rings is 1. The number of carbonyl (C=O) groups excluding carboxylic acids is 1. The largest absolute Gasteiger partial charge is 0.484 e. The number of hydrogen-bond donors (Lipinski definition) is 2. The molecule has 0 radical (unpaired) electrons. The molecule has 1 aromatic heterocycles. The molecule has 0 fully saturated rings. The topological polar surface area (TPSA) is 102 Å². The smallest absolute Gasteiger partial charge is 0.328 e. The van der Waals surface area contributed by atoms with Gasteiger partial charge in [-0.15, -0.1) is 0 Å². The minimum atomic E-state index is -1.08. The molecule has 0 aliphatic carbocycles. The average molecular weight is 383 g/mol. The molecule has 2 aromatic rings. The second-order valence-corrected chi connectivity index (χ2v) is 7.68. The van der Waals surface area contributed by atoms with Gasteiger partial charge in [0.1, 0.15) is 17.5 Å². The first-order valence-corrected chi connectivity index (χ1v) is 8.60. The fourth-order valence-corrected chi connectivity index (χ4v) is 3.82. The van der Waals surface area contributed by atoms with Gasteiger partial charge in [0.2, 0.25) is 0 Å². The van der Waals surface area contributed by atoms with Gasteiger partial charge in [-0.3, -0.25) is 14.9 Å². The van der Waals surface area contributed by atoms with E-state index in [0.717, 1.165) is 11.3 Å². The maximum absolute atomic E-state index is 12.5. The summed E-state index contributed by atoms with van der Waals surface area (Å²) < 4.78 is 5.68. The third-order valence-corrected chi connectivity index (χ3v) is 5.33. The molecule has 132 valence electrons. The van der Waals surface area contributed by atoms with Crippen LogP contribution in [-0.2, 0) is 0 Å². The van der Waals surface area contributed by atoms with E-state index in [1.54, 1.807) is 32.0 Å². The summed E-state index contributed by atoms with van der Waals surface area (Å²) in [5.41, 5.74) is -0.689. The van der Waals surface area contributed by atoms with Crippen LogP contribution in [0, 0.1) is 10.1 Å². The first kappa shape index (κ1) is 17.7. The van der Waals surface area contributed by atoms with Gasteiger partial charge in [-0.25, -0.2) is 0 Å². The molecule has 3 rings (SSSR count). The van der Waals surface area contributed by atoms with E-state index in [0.29, 0.717) is 21.2 Å². The molecule has 0 saturated carbocycles. The van der Waals surface area contributed by atoms with Crippen LogP contribution in [0.15, 0.2) is 30.3 Å². The average Bonchev–Trinajstić information content (AvgIpc) is 2.94. The molecule has 1 amide bonds. The molecule has 2 unspecified atom stereocenters. The van der Waals surface area contributed by atoms with E-state index in [-0.39, 0.29) is 5.00 Å². The van der Waals surface area contributed by atoms with Gasteiger partial charge in [0.05, 0.1) is 21.9 Å². The number of aliphatic hydroxyl groups excluding tert-OH is 1. The van der Waals surface area contributed by atoms with Crippen molar-refractivity contribution < 1.29 is 19.6 Å². The van der Waals surface area contributed by atoms with Crippen molar-refractivity contribution in [1.29, 1.82) is 0 Å². The minimum Gasteiger partial charge on any atom is -0.484 e. The van der Waals surface area contributed by atoms with Gasteiger partial charge in [-0.1, -0.05) is 29.0 Å². The lowest BCUT2D eigenvalue weighted by Gasteiger charge is -2.40. The lowest BCUT2D eigenvalue weighted by Crippen LogP contribution is -2.53. The third kappa shape index (κ3) is 3.33. The minimum absolute atomic E-state index is 0.114. The molecular weight excluding hydrogens is 368 g/mol. The highest BCUT2D eigenvalue weighted by molar-refractivity contribution is 7.15. The molecule has 2 N–H and O–H groups in total. The van der Waals surface area contributed by atoms with E-state index in [9.17, 15) is 20.0 Å². The van der Waals surface area contributed by atoms with Crippen LogP contribution in [0.4, 0.5) is 5.00 Å². The summed E-state index contributed by atoms with van der Waals surface area (Å²) in [6.45, 7) is 3.31. The van der Waals surface area contributed by atoms with E-state index in [1.165, 1.54) is 12.1 Å². The van der Waals surface area contributed by atoms with Crippen molar-refractivity contribution in [2.45, 2.75) is 31.6 Å². The van der Waals surface area contributed by atoms with E-state index in [4.69, 9.17) is 16.3 Å². The van der Waals surface area contributed by atoms with Crippen LogP contribution < -0.4 is 10.1 Å². The Morgan fingerprint density at radius 2 is 2.16 bits per heavy atom. The Hall–Kier alpha value is -2.16. The summed E-state index contributed by atoms with van der Waals surface area (Å²) in [5, 5.41) is 24.7. The molecule has 7 nitrogen and oxygen atoms in total. The zero-order valence-corrected chi connectivity index (χ0v) is 14.9. The van der Waals surface area contributed by atoms with Gasteiger partial charge in [-0.2, -0.15) is 0 Å². The number of hydrogen-bond acceptors (Lipinski definition) is 6. The Balaban J connectivity index is 1.96. The number of benzene rings is 1. The number of aliphatic hydroxyl groups is 1.